The molecular weight excluding hydrogens is 102 g/mol. The Morgan fingerprint density at radius 1 is 1.50 bits per heavy atom. The van der Waals surface area contributed by atoms with E-state index in [4.69, 9.17) is 5.11 Å². The van der Waals surface area contributed by atoms with Gasteiger partial charge in [0.05, 0.1) is 5.70 Å². The highest BCUT2D eigenvalue weighted by molar-refractivity contribution is 5.55. The highest BCUT2D eigenvalue weighted by Crippen LogP contribution is 1.98. The molecule has 0 bridgehead atoms. The molecule has 8 heavy (non-hydrogen) atoms. The van der Waals surface area contributed by atoms with Crippen molar-refractivity contribution in [2.45, 2.75) is 20.8 Å². The Balaban J connectivity index is 4.00. The van der Waals surface area contributed by atoms with E-state index in [1.54, 1.807) is 20.1 Å². The lowest BCUT2D eigenvalue weighted by molar-refractivity contribution is 0.406. The van der Waals surface area contributed by atoms with E-state index in [9.17, 15) is 0 Å². The van der Waals surface area contributed by atoms with Crippen molar-refractivity contribution in [1.29, 1.82) is 0 Å². The van der Waals surface area contributed by atoms with Crippen LogP contribution in [0.5, 0.6) is 0 Å². The second kappa shape index (κ2) is 3.24. The summed E-state index contributed by atoms with van der Waals surface area (Å²) in [6, 6.07) is 0. The summed E-state index contributed by atoms with van der Waals surface area (Å²) in [5.41, 5.74) is 0.674. The molecule has 2 heteroatoms. The molecule has 0 saturated heterocycles. The molecule has 0 aromatic heterocycles. The Morgan fingerprint density at radius 3 is 2.12 bits per heavy atom. The first kappa shape index (κ1) is 7.21. The van der Waals surface area contributed by atoms with Crippen molar-refractivity contribution in [3.8, 4) is 0 Å². The van der Waals surface area contributed by atoms with Crippen molar-refractivity contribution in [3.63, 3.8) is 0 Å². The number of hydrogen-bond donors (Lipinski definition) is 1. The maximum absolute atomic E-state index is 8.72. The molecular formula is C6H11NO. The molecule has 1 N–H and O–H groups in total. The minimum atomic E-state index is 0.281. The van der Waals surface area contributed by atoms with E-state index in [1.807, 2.05) is 6.92 Å². The zero-order valence-corrected chi connectivity index (χ0v) is 5.47. The van der Waals surface area contributed by atoms with Gasteiger partial charge in [-0.1, -0.05) is 0 Å². The van der Waals surface area contributed by atoms with E-state index in [0.29, 0.717) is 5.70 Å². The number of nitrogens with zero attached hydrogens (tertiary/aromatic N) is 1. The second-order valence-corrected chi connectivity index (χ2v) is 1.56. The number of rotatable bonds is 1. The van der Waals surface area contributed by atoms with Crippen molar-refractivity contribution in [2.75, 3.05) is 0 Å². The van der Waals surface area contributed by atoms with Gasteiger partial charge in [0.2, 0.25) is 0 Å². The van der Waals surface area contributed by atoms with Crippen molar-refractivity contribution < 1.29 is 5.11 Å². The van der Waals surface area contributed by atoms with E-state index in [-0.39, 0.29) is 5.76 Å². The van der Waals surface area contributed by atoms with Gasteiger partial charge in [0.25, 0.3) is 0 Å². The number of hydrogen-bond acceptors (Lipinski definition) is 2. The summed E-state index contributed by atoms with van der Waals surface area (Å²) in [4.78, 5) is 3.83. The highest BCUT2D eigenvalue weighted by atomic mass is 16.3. The monoisotopic (exact) mass is 113 g/mol. The summed E-state index contributed by atoms with van der Waals surface area (Å²) in [6.45, 7) is 5.18. The van der Waals surface area contributed by atoms with E-state index in [0.717, 1.165) is 0 Å². The number of aliphatic hydroxyl groups is 1. The molecule has 0 saturated carbocycles. The smallest absolute Gasteiger partial charge is 0.110 e. The standard InChI is InChI=1S/C6H11NO/c1-4-7-5(2)6(3)8/h4,8H,1-3H3/b6-5-,7-4?. The first-order valence-corrected chi connectivity index (χ1v) is 2.53. The summed E-state index contributed by atoms with van der Waals surface area (Å²) in [6.07, 6.45) is 1.65. The molecule has 0 unspecified atom stereocenters. The molecule has 0 aliphatic rings. The molecule has 0 heterocycles. The predicted octanol–water partition coefficient (Wildman–Crippen LogP) is 1.89. The van der Waals surface area contributed by atoms with Crippen LogP contribution in [-0.2, 0) is 0 Å². The number of allylic oxidation sites excluding steroid dienone is 2. The molecule has 0 amide bonds. The van der Waals surface area contributed by atoms with E-state index < -0.39 is 0 Å². The maximum Gasteiger partial charge on any atom is 0.110 e. The van der Waals surface area contributed by atoms with Gasteiger partial charge >= 0.3 is 0 Å². The summed E-state index contributed by atoms with van der Waals surface area (Å²) in [5.74, 6) is 0.281. The van der Waals surface area contributed by atoms with Gasteiger partial charge in [0.15, 0.2) is 0 Å². The summed E-state index contributed by atoms with van der Waals surface area (Å²) >= 11 is 0. The van der Waals surface area contributed by atoms with Crippen LogP contribution in [0.25, 0.3) is 0 Å². The van der Waals surface area contributed by atoms with Crippen LogP contribution < -0.4 is 0 Å². The normalized spacial score (nSPS) is 14.4. The number of aliphatic imine (C=N–C) groups is 1. The summed E-state index contributed by atoms with van der Waals surface area (Å²) in [5, 5.41) is 8.72. The number of aliphatic hydroxyl groups excluding tert-OH is 1. The lowest BCUT2D eigenvalue weighted by Gasteiger charge is -1.90. The van der Waals surface area contributed by atoms with Crippen LogP contribution in [0.15, 0.2) is 16.4 Å². The zero-order valence-electron chi connectivity index (χ0n) is 5.47. The van der Waals surface area contributed by atoms with Crippen molar-refractivity contribution in [1.82, 2.24) is 0 Å². The van der Waals surface area contributed by atoms with E-state index in [1.165, 1.54) is 0 Å². The second-order valence-electron chi connectivity index (χ2n) is 1.56. The van der Waals surface area contributed by atoms with Gasteiger partial charge in [-0.25, -0.2) is 0 Å². The molecule has 0 fully saturated rings. The quantitative estimate of drug-likeness (QED) is 0.408. The predicted molar refractivity (Wildman–Crippen MR) is 35.2 cm³/mol. The molecule has 0 radical (unpaired) electrons. The zero-order chi connectivity index (χ0) is 6.57. The highest BCUT2D eigenvalue weighted by Gasteiger charge is 1.85. The van der Waals surface area contributed by atoms with Crippen LogP contribution in [0.4, 0.5) is 0 Å². The molecule has 0 aromatic rings. The van der Waals surface area contributed by atoms with Crippen molar-refractivity contribution in [3.05, 3.63) is 11.5 Å². The van der Waals surface area contributed by atoms with Gasteiger partial charge in [-0.05, 0) is 20.8 Å². The third kappa shape index (κ3) is 2.39. The Hall–Kier alpha value is -0.790. The molecule has 0 aliphatic heterocycles. The van der Waals surface area contributed by atoms with Crippen LogP contribution >= 0.6 is 0 Å². The molecule has 46 valence electrons. The average Bonchev–Trinajstić information content (AvgIpc) is 1.67. The van der Waals surface area contributed by atoms with Crippen molar-refractivity contribution >= 4 is 6.21 Å². The fraction of sp³-hybridized carbons (Fsp3) is 0.500. The summed E-state index contributed by atoms with van der Waals surface area (Å²) < 4.78 is 0. The minimum absolute atomic E-state index is 0.281. The fourth-order valence-corrected chi connectivity index (χ4v) is 0.287. The van der Waals surface area contributed by atoms with Gasteiger partial charge < -0.3 is 5.11 Å². The first-order valence-electron chi connectivity index (χ1n) is 2.53. The third-order valence-electron chi connectivity index (χ3n) is 0.846. The SMILES string of the molecule is CC=N/C(C)=C(/C)O. The van der Waals surface area contributed by atoms with Crippen LogP contribution in [0.3, 0.4) is 0 Å². The van der Waals surface area contributed by atoms with E-state index in [2.05, 4.69) is 4.99 Å². The maximum atomic E-state index is 8.72. The molecule has 0 rings (SSSR count). The first-order chi connectivity index (χ1) is 3.68. The van der Waals surface area contributed by atoms with Gasteiger partial charge in [-0.2, -0.15) is 0 Å². The van der Waals surface area contributed by atoms with Gasteiger partial charge in [-0.15, -0.1) is 0 Å². The lowest BCUT2D eigenvalue weighted by Crippen LogP contribution is -1.76. The van der Waals surface area contributed by atoms with Crippen LogP contribution in [0, 0.1) is 0 Å². The Morgan fingerprint density at radius 2 is 2.00 bits per heavy atom. The van der Waals surface area contributed by atoms with E-state index >= 15 is 0 Å². The molecule has 0 atom stereocenters. The summed E-state index contributed by atoms with van der Waals surface area (Å²) in [7, 11) is 0. The fourth-order valence-electron chi connectivity index (χ4n) is 0.287. The lowest BCUT2D eigenvalue weighted by atomic mass is 10.4. The Kier molecular flexibility index (Phi) is 2.92. The Bertz CT molecular complexity index is 120. The Labute approximate surface area is 49.6 Å². The minimum Gasteiger partial charge on any atom is -0.511 e. The van der Waals surface area contributed by atoms with Crippen LogP contribution in [0.2, 0.25) is 0 Å². The van der Waals surface area contributed by atoms with Gasteiger partial charge in [0.1, 0.15) is 5.76 Å². The molecule has 2 nitrogen and oxygen atoms in total. The van der Waals surface area contributed by atoms with Crippen molar-refractivity contribution in [2.24, 2.45) is 4.99 Å². The van der Waals surface area contributed by atoms with Crippen LogP contribution in [0.1, 0.15) is 20.8 Å². The van der Waals surface area contributed by atoms with Gasteiger partial charge in [0, 0.05) is 6.21 Å². The molecule has 0 spiro atoms. The molecule has 0 aliphatic carbocycles. The largest absolute Gasteiger partial charge is 0.511 e. The average molecular weight is 113 g/mol. The van der Waals surface area contributed by atoms with Crippen LogP contribution in [-0.4, -0.2) is 11.3 Å². The molecule has 0 aromatic carbocycles. The topological polar surface area (TPSA) is 32.6 Å². The third-order valence-corrected chi connectivity index (χ3v) is 0.846. The van der Waals surface area contributed by atoms with Gasteiger partial charge in [-0.3, -0.25) is 4.99 Å².